The quantitative estimate of drug-likeness (QED) is 0.559. The van der Waals surface area contributed by atoms with E-state index in [1.807, 2.05) is 0 Å². The minimum absolute atomic E-state index is 0. The maximum absolute atomic E-state index is 2.27. The fourth-order valence-corrected chi connectivity index (χ4v) is 2.04. The minimum Gasteiger partial charge on any atom is -1.00 e. The highest BCUT2D eigenvalue weighted by molar-refractivity contribution is 7.29. The van der Waals surface area contributed by atoms with Crippen LogP contribution in [0, 0.1) is 13.8 Å². The molecule has 1 aromatic rings. The molecule has 0 amide bonds. The van der Waals surface area contributed by atoms with Gasteiger partial charge in [0.1, 0.15) is 16.0 Å². The van der Waals surface area contributed by atoms with E-state index in [-0.39, 0.29) is 12.4 Å². The molecule has 0 saturated heterocycles. The summed E-state index contributed by atoms with van der Waals surface area (Å²) in [5, 5.41) is 0. The van der Waals surface area contributed by atoms with E-state index in [0.29, 0.717) is 10.5 Å². The van der Waals surface area contributed by atoms with E-state index in [1.54, 1.807) is 0 Å². The Balaban J connectivity index is 0.00000144. The lowest BCUT2D eigenvalue weighted by atomic mass is 10.4. The van der Waals surface area contributed by atoms with Crippen LogP contribution in [0.1, 0.15) is 9.75 Å². The van der Waals surface area contributed by atoms with Crippen LogP contribution in [0.4, 0.5) is 0 Å². The van der Waals surface area contributed by atoms with Crippen LogP contribution in [0.3, 0.4) is 0 Å². The van der Waals surface area contributed by atoms with Gasteiger partial charge in [-0.15, -0.1) is 0 Å². The Morgan fingerprint density at radius 2 is 1.23 bits per heavy atom. The lowest BCUT2D eigenvalue weighted by Gasteiger charge is -1.86. The van der Waals surface area contributed by atoms with Gasteiger partial charge in [0.05, 0.1) is 0 Å². The summed E-state index contributed by atoms with van der Waals surface area (Å²) in [6.45, 7) is 4.38. The molecule has 0 aliphatic heterocycles. The van der Waals surface area contributed by atoms with Crippen LogP contribution in [0.25, 0.3) is 0 Å². The Hall–Kier alpha value is -0.530. The summed E-state index contributed by atoms with van der Waals surface area (Å²) in [7, 11) is 0.300. The Kier molecular flexibility index (Phi) is 5.76. The van der Waals surface area contributed by atoms with Crippen molar-refractivity contribution in [3.63, 3.8) is 0 Å². The van der Waals surface area contributed by atoms with Crippen molar-refractivity contribution in [3.8, 4) is 0 Å². The zero-order chi connectivity index (χ0) is 8.97. The minimum atomic E-state index is 0. The molecule has 0 bridgehead atoms. The molecule has 0 N–H and O–H groups in total. The predicted molar refractivity (Wildman–Crippen MR) is 57.0 cm³/mol. The van der Waals surface area contributed by atoms with Crippen molar-refractivity contribution in [2.75, 3.05) is 0 Å². The number of halogens is 1. The van der Waals surface area contributed by atoms with Crippen LogP contribution in [0.15, 0.2) is 36.4 Å². The largest absolute Gasteiger partial charge is 1.00 e. The highest BCUT2D eigenvalue weighted by Crippen LogP contribution is 2.20. The van der Waals surface area contributed by atoms with Crippen molar-refractivity contribution in [2.45, 2.75) is 13.8 Å². The molecule has 0 saturated carbocycles. The number of hydrogen-bond acceptors (Lipinski definition) is 0. The van der Waals surface area contributed by atoms with Crippen molar-refractivity contribution in [1.29, 1.82) is 0 Å². The van der Waals surface area contributed by atoms with Crippen molar-refractivity contribution < 1.29 is 12.4 Å². The molecule has 0 aliphatic carbocycles. The monoisotopic (exact) mass is 214 g/mol. The van der Waals surface area contributed by atoms with Gasteiger partial charge < -0.3 is 12.4 Å². The van der Waals surface area contributed by atoms with E-state index in [4.69, 9.17) is 0 Å². The van der Waals surface area contributed by atoms with Gasteiger partial charge in [-0.2, -0.15) is 0 Å². The fraction of sp³-hybridized carbons (Fsp3) is 0.273. The predicted octanol–water partition coefficient (Wildman–Crippen LogP) is 0.718. The standard InChI is InChI=1S/C11H15S.ClH/c1-10-8-6-4-5-7-9-11(2)12(10)3;/h4-9H,1-3H3;1H/q+1;/p-1. The number of hydrogen-bond donors (Lipinski definition) is 0. The Morgan fingerprint density at radius 3 is 1.62 bits per heavy atom. The van der Waals surface area contributed by atoms with Crippen LogP contribution in [0.5, 0.6) is 0 Å². The van der Waals surface area contributed by atoms with E-state index in [1.165, 1.54) is 9.75 Å². The third-order valence-electron chi connectivity index (χ3n) is 1.96. The maximum atomic E-state index is 2.27. The fourth-order valence-electron chi connectivity index (χ4n) is 0.968. The van der Waals surface area contributed by atoms with E-state index < -0.39 is 0 Å². The van der Waals surface area contributed by atoms with Gasteiger partial charge in [0.15, 0.2) is 0 Å². The highest BCUT2D eigenvalue weighted by Gasteiger charge is 1.99. The molecule has 13 heavy (non-hydrogen) atoms. The third-order valence-corrected chi connectivity index (χ3v) is 4.17. The highest BCUT2D eigenvalue weighted by atomic mass is 35.5. The first-order chi connectivity index (χ1) is 5.72. The van der Waals surface area contributed by atoms with E-state index in [9.17, 15) is 0 Å². The second-order valence-electron chi connectivity index (χ2n) is 2.83. The van der Waals surface area contributed by atoms with Gasteiger partial charge in [0.25, 0.3) is 0 Å². The summed E-state index contributed by atoms with van der Waals surface area (Å²) in [5.41, 5.74) is 0. The average Bonchev–Trinajstić information content (AvgIpc) is 2.12. The van der Waals surface area contributed by atoms with Gasteiger partial charge >= 0.3 is 0 Å². The van der Waals surface area contributed by atoms with E-state index >= 15 is 0 Å². The second-order valence-corrected chi connectivity index (χ2v) is 5.14. The van der Waals surface area contributed by atoms with Crippen LogP contribution < -0.4 is 12.4 Å². The van der Waals surface area contributed by atoms with Crippen LogP contribution in [0.2, 0.25) is 0 Å². The van der Waals surface area contributed by atoms with Crippen molar-refractivity contribution in [3.05, 3.63) is 46.2 Å². The summed E-state index contributed by atoms with van der Waals surface area (Å²) in [6.07, 6.45) is 2.27. The molecule has 0 spiro atoms. The second kappa shape index (κ2) is 6.01. The van der Waals surface area contributed by atoms with Gasteiger partial charge in [0, 0.05) is 13.8 Å². The van der Waals surface area contributed by atoms with Crippen molar-refractivity contribution in [1.82, 2.24) is 0 Å². The average molecular weight is 215 g/mol. The molecule has 0 unspecified atom stereocenters. The Morgan fingerprint density at radius 1 is 0.846 bits per heavy atom. The van der Waals surface area contributed by atoms with Gasteiger partial charge in [-0.05, 0) is 22.6 Å². The molecule has 2 heteroatoms. The molecule has 0 aliphatic rings. The molecule has 0 radical (unpaired) electrons. The Bertz CT molecular complexity index is 284. The summed E-state index contributed by atoms with van der Waals surface area (Å²) in [5.74, 6) is 0. The first-order valence-electron chi connectivity index (χ1n) is 4.06. The summed E-state index contributed by atoms with van der Waals surface area (Å²) in [6, 6.07) is 12.7. The number of rotatable bonds is 0. The molecule has 1 aromatic heterocycles. The summed E-state index contributed by atoms with van der Waals surface area (Å²) >= 11 is 0. The molecule has 0 nitrogen and oxygen atoms in total. The Labute approximate surface area is 89.3 Å². The lowest BCUT2D eigenvalue weighted by Crippen LogP contribution is -3.00. The van der Waals surface area contributed by atoms with Gasteiger partial charge in [-0.25, -0.2) is 0 Å². The molecular weight excluding hydrogens is 200 g/mol. The topological polar surface area (TPSA) is 0 Å². The van der Waals surface area contributed by atoms with Gasteiger partial charge in [-0.1, -0.05) is 24.3 Å². The summed E-state index contributed by atoms with van der Waals surface area (Å²) < 4.78 is 0. The molecular formula is C11H15ClS. The maximum Gasteiger partial charge on any atom is 0.147 e. The van der Waals surface area contributed by atoms with E-state index in [2.05, 4.69) is 56.5 Å². The first kappa shape index (κ1) is 12.5. The SMILES string of the molecule is Cc1ccccccc(C)[s+]1C.[Cl-]. The van der Waals surface area contributed by atoms with Crippen LogP contribution >= 0.6 is 10.5 Å². The molecule has 1 heterocycles. The zero-order valence-corrected chi connectivity index (χ0v) is 9.82. The molecule has 1 rings (SSSR count). The lowest BCUT2D eigenvalue weighted by molar-refractivity contribution is -0.00000263. The zero-order valence-electron chi connectivity index (χ0n) is 8.25. The molecule has 0 aromatic carbocycles. The summed E-state index contributed by atoms with van der Waals surface area (Å²) in [4.78, 5) is 2.90. The van der Waals surface area contributed by atoms with Crippen LogP contribution in [-0.2, 0) is 6.26 Å². The molecule has 0 fully saturated rings. The van der Waals surface area contributed by atoms with E-state index in [0.717, 1.165) is 0 Å². The van der Waals surface area contributed by atoms with Crippen molar-refractivity contribution in [2.24, 2.45) is 6.26 Å². The van der Waals surface area contributed by atoms with Gasteiger partial charge in [0.2, 0.25) is 0 Å². The van der Waals surface area contributed by atoms with Crippen LogP contribution in [-0.4, -0.2) is 0 Å². The third kappa shape index (κ3) is 3.79. The molecule has 0 atom stereocenters. The first-order valence-corrected chi connectivity index (χ1v) is 5.69. The normalized spacial score (nSPS) is 8.54. The van der Waals surface area contributed by atoms with Crippen molar-refractivity contribution >= 4 is 10.5 Å². The number of aryl methyl sites for hydroxylation is 2. The van der Waals surface area contributed by atoms with Gasteiger partial charge in [-0.3, -0.25) is 0 Å². The molecule has 72 valence electrons. The smallest absolute Gasteiger partial charge is 0.147 e.